The van der Waals surface area contributed by atoms with E-state index in [2.05, 4.69) is 5.32 Å². The van der Waals surface area contributed by atoms with Crippen LogP contribution in [0.15, 0.2) is 36.4 Å². The molecule has 25 heavy (non-hydrogen) atoms. The van der Waals surface area contributed by atoms with E-state index < -0.39 is 17.8 Å². The number of carboxylic acids is 1. The number of carbonyl (C=O) groups excluding carboxylic acids is 3. The Balaban J connectivity index is 1.64. The highest BCUT2D eigenvalue weighted by Gasteiger charge is 2.29. The number of amides is 2. The third kappa shape index (κ3) is 3.90. The average molecular weight is 341 g/mol. The molecule has 132 valence electrons. The molecule has 2 amide bonds. The predicted molar refractivity (Wildman–Crippen MR) is 90.6 cm³/mol. The summed E-state index contributed by atoms with van der Waals surface area (Å²) >= 11 is 0. The first-order valence-electron chi connectivity index (χ1n) is 8.62. The minimum absolute atomic E-state index is 0.00445. The number of carbonyl (C=O) groups is 3. The Morgan fingerprint density at radius 1 is 0.960 bits per heavy atom. The van der Waals surface area contributed by atoms with E-state index in [4.69, 9.17) is 0 Å². The number of allylic oxidation sites excluding steroid dienone is 2. The van der Waals surface area contributed by atoms with E-state index in [1.807, 2.05) is 11.0 Å². The van der Waals surface area contributed by atoms with Crippen LogP contribution >= 0.6 is 0 Å². The lowest BCUT2D eigenvalue weighted by Crippen LogP contribution is -2.41. The Morgan fingerprint density at radius 2 is 1.56 bits per heavy atom. The molecule has 1 heterocycles. The molecule has 0 aromatic heterocycles. The molecule has 1 saturated heterocycles. The highest BCUT2D eigenvalue weighted by atomic mass is 16.4. The van der Waals surface area contributed by atoms with Crippen LogP contribution in [0.1, 0.15) is 36.0 Å². The Morgan fingerprint density at radius 3 is 2.16 bits per heavy atom. The van der Waals surface area contributed by atoms with Gasteiger partial charge in [-0.1, -0.05) is 12.2 Å². The molecule has 1 N–H and O–H groups in total. The van der Waals surface area contributed by atoms with Gasteiger partial charge in [0, 0.05) is 36.2 Å². The lowest BCUT2D eigenvalue weighted by atomic mass is 9.82. The van der Waals surface area contributed by atoms with Gasteiger partial charge in [0.25, 0.3) is 5.91 Å². The van der Waals surface area contributed by atoms with E-state index in [1.165, 1.54) is 0 Å². The molecule has 1 aliphatic carbocycles. The average Bonchev–Trinajstić information content (AvgIpc) is 3.16. The van der Waals surface area contributed by atoms with E-state index in [-0.39, 0.29) is 11.8 Å². The number of hydrogen-bond acceptors (Lipinski definition) is 4. The molecular formula is C19H21N2O4-. The fourth-order valence-corrected chi connectivity index (χ4v) is 3.40. The van der Waals surface area contributed by atoms with Crippen molar-refractivity contribution in [3.8, 4) is 0 Å². The second kappa shape index (κ2) is 7.51. The monoisotopic (exact) mass is 341 g/mol. The van der Waals surface area contributed by atoms with Gasteiger partial charge in [-0.2, -0.15) is 0 Å². The summed E-state index contributed by atoms with van der Waals surface area (Å²) in [5.74, 6) is -2.97. The van der Waals surface area contributed by atoms with Crippen LogP contribution in [0, 0.1) is 11.8 Å². The standard InChI is InChI=1S/C19H22N2O4/c22-17(15-5-1-2-6-16(15)19(24)25)20-14-9-7-13(8-10-14)18(23)21-11-3-4-12-21/h1-2,7-10,15-16H,3-6,11-12H2,(H,20,22)(H,24,25)/p-1/t15-,16+/m1/s1. The first kappa shape index (κ1) is 17.2. The molecule has 1 aromatic rings. The molecule has 0 radical (unpaired) electrons. The fraction of sp³-hybridized carbons (Fsp3) is 0.421. The van der Waals surface area contributed by atoms with Crippen molar-refractivity contribution in [2.24, 2.45) is 11.8 Å². The number of nitrogens with zero attached hydrogens (tertiary/aromatic N) is 1. The summed E-state index contributed by atoms with van der Waals surface area (Å²) in [7, 11) is 0. The molecule has 6 heteroatoms. The van der Waals surface area contributed by atoms with Gasteiger partial charge in [0.15, 0.2) is 0 Å². The number of benzene rings is 1. The molecule has 1 fully saturated rings. The summed E-state index contributed by atoms with van der Waals surface area (Å²) in [4.78, 5) is 37.7. The van der Waals surface area contributed by atoms with Crippen LogP contribution < -0.4 is 10.4 Å². The first-order valence-corrected chi connectivity index (χ1v) is 8.62. The van der Waals surface area contributed by atoms with Crippen molar-refractivity contribution in [3.05, 3.63) is 42.0 Å². The van der Waals surface area contributed by atoms with Crippen molar-refractivity contribution in [3.63, 3.8) is 0 Å². The summed E-state index contributed by atoms with van der Waals surface area (Å²) in [5, 5.41) is 13.9. The maximum atomic E-state index is 12.4. The molecule has 6 nitrogen and oxygen atoms in total. The molecule has 2 atom stereocenters. The highest BCUT2D eigenvalue weighted by Crippen LogP contribution is 2.26. The van der Waals surface area contributed by atoms with Gasteiger partial charge in [0.05, 0.1) is 5.92 Å². The van der Waals surface area contributed by atoms with Gasteiger partial charge < -0.3 is 20.1 Å². The smallest absolute Gasteiger partial charge is 0.253 e. The summed E-state index contributed by atoms with van der Waals surface area (Å²) in [6.07, 6.45) is 6.36. The molecule has 0 spiro atoms. The molecule has 0 bridgehead atoms. The lowest BCUT2D eigenvalue weighted by molar-refractivity contribution is -0.313. The van der Waals surface area contributed by atoms with Crippen molar-refractivity contribution in [1.29, 1.82) is 0 Å². The topological polar surface area (TPSA) is 89.5 Å². The Kier molecular flexibility index (Phi) is 5.16. The molecular weight excluding hydrogens is 320 g/mol. The number of likely N-dealkylation sites (tertiary alicyclic amines) is 1. The predicted octanol–water partition coefficient (Wildman–Crippen LogP) is 1.19. The third-order valence-corrected chi connectivity index (χ3v) is 4.86. The molecule has 3 rings (SSSR count). The molecule has 2 aliphatic rings. The largest absolute Gasteiger partial charge is 0.550 e. The number of carboxylic acid groups (broad SMARTS) is 1. The zero-order valence-corrected chi connectivity index (χ0v) is 13.9. The summed E-state index contributed by atoms with van der Waals surface area (Å²) < 4.78 is 0. The van der Waals surface area contributed by atoms with Gasteiger partial charge in [-0.15, -0.1) is 0 Å². The van der Waals surface area contributed by atoms with Gasteiger partial charge in [0.2, 0.25) is 5.91 Å². The maximum Gasteiger partial charge on any atom is 0.253 e. The minimum atomic E-state index is -1.20. The number of nitrogens with one attached hydrogen (secondary N) is 1. The highest BCUT2D eigenvalue weighted by molar-refractivity contribution is 5.97. The van der Waals surface area contributed by atoms with Crippen molar-refractivity contribution in [1.82, 2.24) is 4.90 Å². The van der Waals surface area contributed by atoms with Gasteiger partial charge in [0.1, 0.15) is 0 Å². The normalized spacial score (nSPS) is 22.6. The van der Waals surface area contributed by atoms with E-state index >= 15 is 0 Å². The molecule has 1 aromatic carbocycles. The van der Waals surface area contributed by atoms with Crippen LogP contribution in [0.25, 0.3) is 0 Å². The molecule has 0 saturated carbocycles. The summed E-state index contributed by atoms with van der Waals surface area (Å²) in [6.45, 7) is 1.58. The van der Waals surface area contributed by atoms with Crippen LogP contribution in [0.3, 0.4) is 0 Å². The number of rotatable bonds is 4. The van der Waals surface area contributed by atoms with Crippen LogP contribution in [-0.2, 0) is 9.59 Å². The van der Waals surface area contributed by atoms with Crippen LogP contribution in [0.5, 0.6) is 0 Å². The van der Waals surface area contributed by atoms with Gasteiger partial charge in [-0.25, -0.2) is 0 Å². The Labute approximate surface area is 146 Å². The van der Waals surface area contributed by atoms with Crippen molar-refractivity contribution >= 4 is 23.5 Å². The number of anilines is 1. The zero-order chi connectivity index (χ0) is 17.8. The molecule has 1 aliphatic heterocycles. The summed E-state index contributed by atoms with van der Waals surface area (Å²) in [6, 6.07) is 6.72. The van der Waals surface area contributed by atoms with Crippen LogP contribution in [0.2, 0.25) is 0 Å². The van der Waals surface area contributed by atoms with Gasteiger partial charge >= 0.3 is 0 Å². The van der Waals surface area contributed by atoms with Crippen LogP contribution in [-0.4, -0.2) is 35.8 Å². The second-order valence-corrected chi connectivity index (χ2v) is 6.54. The van der Waals surface area contributed by atoms with Crippen molar-refractivity contribution < 1.29 is 19.5 Å². The van der Waals surface area contributed by atoms with Gasteiger partial charge in [-0.3, -0.25) is 9.59 Å². The maximum absolute atomic E-state index is 12.4. The van der Waals surface area contributed by atoms with E-state index in [0.717, 1.165) is 25.9 Å². The van der Waals surface area contributed by atoms with E-state index in [9.17, 15) is 19.5 Å². The number of hydrogen-bond donors (Lipinski definition) is 1. The van der Waals surface area contributed by atoms with Crippen molar-refractivity contribution in [2.75, 3.05) is 18.4 Å². The van der Waals surface area contributed by atoms with E-state index in [0.29, 0.717) is 24.1 Å². The van der Waals surface area contributed by atoms with Crippen molar-refractivity contribution in [2.45, 2.75) is 25.7 Å². The zero-order valence-electron chi connectivity index (χ0n) is 13.9. The SMILES string of the molecule is O=C([O-])[C@H]1CC=CC[C@H]1C(=O)Nc1ccc(C(=O)N2CCCC2)cc1. The van der Waals surface area contributed by atoms with Gasteiger partial charge in [-0.05, 0) is 49.9 Å². The fourth-order valence-electron chi connectivity index (χ4n) is 3.40. The quantitative estimate of drug-likeness (QED) is 0.833. The minimum Gasteiger partial charge on any atom is -0.550 e. The summed E-state index contributed by atoms with van der Waals surface area (Å²) in [5.41, 5.74) is 1.14. The number of aliphatic carboxylic acids is 1. The van der Waals surface area contributed by atoms with E-state index in [1.54, 1.807) is 30.3 Å². The third-order valence-electron chi connectivity index (χ3n) is 4.86. The molecule has 0 unspecified atom stereocenters. The first-order chi connectivity index (χ1) is 12.1. The van der Waals surface area contributed by atoms with Crippen LogP contribution in [0.4, 0.5) is 5.69 Å². The Bertz CT molecular complexity index is 690. The Hall–Kier alpha value is -2.63. The second-order valence-electron chi connectivity index (χ2n) is 6.54. The lowest BCUT2D eigenvalue weighted by Gasteiger charge is -2.28.